The Kier molecular flexibility index (Phi) is 3.43. The summed E-state index contributed by atoms with van der Waals surface area (Å²) in [7, 11) is 0. The minimum atomic E-state index is -1.67. The van der Waals surface area contributed by atoms with Crippen LogP contribution in [0.25, 0.3) is 0 Å². The molecule has 1 aliphatic rings. The zero-order chi connectivity index (χ0) is 13.3. The standard InChI is InChI=1S/C11H12F4N2O/c1-11(3-2-4-18-11)5-16-8-6(12)9(14)17-10(15)7(8)13/h2-5H2,1H3,(H,16,17). The van der Waals surface area contributed by atoms with E-state index in [1.54, 1.807) is 6.92 Å². The summed E-state index contributed by atoms with van der Waals surface area (Å²) in [5, 5.41) is 2.35. The Hall–Kier alpha value is -1.37. The molecule has 1 N–H and O–H groups in total. The van der Waals surface area contributed by atoms with E-state index in [1.807, 2.05) is 0 Å². The second kappa shape index (κ2) is 4.72. The summed E-state index contributed by atoms with van der Waals surface area (Å²) in [4.78, 5) is 2.48. The van der Waals surface area contributed by atoms with E-state index < -0.39 is 34.8 Å². The minimum absolute atomic E-state index is 0.0593. The lowest BCUT2D eigenvalue weighted by Crippen LogP contribution is -2.33. The number of halogens is 4. The second-order valence-electron chi connectivity index (χ2n) is 4.45. The molecule has 0 bridgehead atoms. The maximum atomic E-state index is 13.3. The molecule has 18 heavy (non-hydrogen) atoms. The number of hydrogen-bond donors (Lipinski definition) is 1. The van der Waals surface area contributed by atoms with Gasteiger partial charge in [-0.05, 0) is 19.8 Å². The van der Waals surface area contributed by atoms with Crippen molar-refractivity contribution in [2.24, 2.45) is 0 Å². The zero-order valence-electron chi connectivity index (χ0n) is 9.70. The van der Waals surface area contributed by atoms with Crippen molar-refractivity contribution in [2.75, 3.05) is 18.5 Å². The van der Waals surface area contributed by atoms with E-state index in [0.717, 1.165) is 6.42 Å². The predicted octanol–water partition coefficient (Wildman–Crippen LogP) is 2.62. The van der Waals surface area contributed by atoms with E-state index >= 15 is 0 Å². The van der Waals surface area contributed by atoms with Crippen LogP contribution in [-0.4, -0.2) is 23.7 Å². The van der Waals surface area contributed by atoms with Gasteiger partial charge in [-0.3, -0.25) is 0 Å². The van der Waals surface area contributed by atoms with Crippen LogP contribution in [0.1, 0.15) is 19.8 Å². The molecule has 0 saturated carbocycles. The maximum absolute atomic E-state index is 13.3. The van der Waals surface area contributed by atoms with Gasteiger partial charge >= 0.3 is 0 Å². The SMILES string of the molecule is CC1(CNc2c(F)c(F)nc(F)c2F)CCCO1. The number of rotatable bonds is 3. The monoisotopic (exact) mass is 264 g/mol. The van der Waals surface area contributed by atoms with Crippen molar-refractivity contribution in [2.45, 2.75) is 25.4 Å². The van der Waals surface area contributed by atoms with E-state index in [4.69, 9.17) is 4.74 Å². The van der Waals surface area contributed by atoms with Gasteiger partial charge in [-0.25, -0.2) is 0 Å². The average molecular weight is 264 g/mol. The number of anilines is 1. The lowest BCUT2D eigenvalue weighted by Gasteiger charge is -2.24. The highest BCUT2D eigenvalue weighted by atomic mass is 19.2. The van der Waals surface area contributed by atoms with Gasteiger partial charge in [0.1, 0.15) is 5.69 Å². The fourth-order valence-corrected chi connectivity index (χ4v) is 1.89. The molecule has 7 heteroatoms. The van der Waals surface area contributed by atoms with Crippen molar-refractivity contribution in [3.05, 3.63) is 23.5 Å². The number of hydrogen-bond acceptors (Lipinski definition) is 3. The summed E-state index contributed by atoms with van der Waals surface area (Å²) in [6, 6.07) is 0. The second-order valence-corrected chi connectivity index (χ2v) is 4.45. The van der Waals surface area contributed by atoms with Gasteiger partial charge in [0.15, 0.2) is 0 Å². The van der Waals surface area contributed by atoms with E-state index in [0.29, 0.717) is 13.0 Å². The third-order valence-corrected chi connectivity index (χ3v) is 2.94. The molecule has 1 aromatic rings. The van der Waals surface area contributed by atoms with Crippen molar-refractivity contribution in [1.29, 1.82) is 0 Å². The Balaban J connectivity index is 2.18. The molecule has 100 valence electrons. The molecule has 1 aliphatic heterocycles. The quantitative estimate of drug-likeness (QED) is 0.673. The highest BCUT2D eigenvalue weighted by Gasteiger charge is 2.31. The van der Waals surface area contributed by atoms with E-state index in [1.165, 1.54) is 0 Å². The Morgan fingerprint density at radius 1 is 1.22 bits per heavy atom. The smallest absolute Gasteiger partial charge is 0.253 e. The van der Waals surface area contributed by atoms with Gasteiger partial charge in [0, 0.05) is 13.2 Å². The van der Waals surface area contributed by atoms with Crippen LogP contribution in [0.5, 0.6) is 0 Å². The van der Waals surface area contributed by atoms with E-state index in [-0.39, 0.29) is 6.54 Å². The molecule has 1 unspecified atom stereocenters. The largest absolute Gasteiger partial charge is 0.377 e. The molecule has 0 aromatic carbocycles. The van der Waals surface area contributed by atoms with Gasteiger partial charge in [0.2, 0.25) is 11.6 Å². The Bertz CT molecular complexity index is 435. The molecule has 0 spiro atoms. The van der Waals surface area contributed by atoms with Gasteiger partial charge in [0.05, 0.1) is 5.60 Å². The van der Waals surface area contributed by atoms with Crippen molar-refractivity contribution in [1.82, 2.24) is 4.98 Å². The van der Waals surface area contributed by atoms with Crippen molar-refractivity contribution < 1.29 is 22.3 Å². The first-order valence-electron chi connectivity index (χ1n) is 5.51. The van der Waals surface area contributed by atoms with Crippen molar-refractivity contribution >= 4 is 5.69 Å². The Morgan fingerprint density at radius 2 is 1.83 bits per heavy atom. The number of aromatic nitrogens is 1. The molecular formula is C11H12F4N2O. The van der Waals surface area contributed by atoms with Gasteiger partial charge in [-0.2, -0.15) is 22.5 Å². The van der Waals surface area contributed by atoms with Crippen LogP contribution >= 0.6 is 0 Å². The molecule has 1 fully saturated rings. The van der Waals surface area contributed by atoms with Gasteiger partial charge in [-0.15, -0.1) is 0 Å². The summed E-state index contributed by atoms with van der Waals surface area (Å²) in [6.07, 6.45) is 1.54. The summed E-state index contributed by atoms with van der Waals surface area (Å²) in [5.41, 5.74) is -1.44. The first kappa shape index (κ1) is 13.1. The molecular weight excluding hydrogens is 252 g/mol. The summed E-state index contributed by atoms with van der Waals surface area (Å²) in [6.45, 7) is 2.38. The Labute approximate surface area is 101 Å². The first-order chi connectivity index (χ1) is 8.43. The average Bonchev–Trinajstić information content (AvgIpc) is 2.74. The van der Waals surface area contributed by atoms with Crippen LogP contribution in [0.15, 0.2) is 0 Å². The highest BCUT2D eigenvalue weighted by molar-refractivity contribution is 5.45. The minimum Gasteiger partial charge on any atom is -0.377 e. The van der Waals surface area contributed by atoms with Crippen LogP contribution in [0, 0.1) is 23.5 Å². The lowest BCUT2D eigenvalue weighted by atomic mass is 10.0. The van der Waals surface area contributed by atoms with Gasteiger partial charge in [-0.1, -0.05) is 0 Å². The topological polar surface area (TPSA) is 34.2 Å². The fraction of sp³-hybridized carbons (Fsp3) is 0.545. The van der Waals surface area contributed by atoms with Crippen molar-refractivity contribution in [3.63, 3.8) is 0 Å². The fourth-order valence-electron chi connectivity index (χ4n) is 1.89. The molecule has 3 nitrogen and oxygen atoms in total. The number of ether oxygens (including phenoxy) is 1. The first-order valence-corrected chi connectivity index (χ1v) is 5.51. The van der Waals surface area contributed by atoms with Crippen LogP contribution in [0.3, 0.4) is 0 Å². The van der Waals surface area contributed by atoms with Gasteiger partial charge in [0.25, 0.3) is 11.9 Å². The van der Waals surface area contributed by atoms with E-state index in [9.17, 15) is 17.6 Å². The summed E-state index contributed by atoms with van der Waals surface area (Å²) in [5.74, 6) is -6.41. The van der Waals surface area contributed by atoms with Gasteiger partial charge < -0.3 is 10.1 Å². The third-order valence-electron chi connectivity index (χ3n) is 2.94. The zero-order valence-corrected chi connectivity index (χ0v) is 9.70. The van der Waals surface area contributed by atoms with E-state index in [2.05, 4.69) is 10.3 Å². The lowest BCUT2D eigenvalue weighted by molar-refractivity contribution is 0.0314. The molecule has 1 aromatic heterocycles. The molecule has 2 heterocycles. The van der Waals surface area contributed by atoms with Crippen LogP contribution < -0.4 is 5.32 Å². The molecule has 0 radical (unpaired) electrons. The predicted molar refractivity (Wildman–Crippen MR) is 56.1 cm³/mol. The molecule has 2 rings (SSSR count). The molecule has 1 saturated heterocycles. The molecule has 0 aliphatic carbocycles. The molecule has 0 amide bonds. The normalized spacial score (nSPS) is 23.4. The Morgan fingerprint density at radius 3 is 2.33 bits per heavy atom. The summed E-state index contributed by atoms with van der Waals surface area (Å²) >= 11 is 0. The van der Waals surface area contributed by atoms with Crippen LogP contribution in [0.2, 0.25) is 0 Å². The van der Waals surface area contributed by atoms with Crippen LogP contribution in [0.4, 0.5) is 23.2 Å². The summed E-state index contributed by atoms with van der Waals surface area (Å²) < 4.78 is 57.7. The molecule has 1 atom stereocenters. The maximum Gasteiger partial charge on any atom is 0.253 e. The highest BCUT2D eigenvalue weighted by Crippen LogP contribution is 2.27. The third kappa shape index (κ3) is 2.40. The number of nitrogens with one attached hydrogen (secondary N) is 1. The number of pyridine rings is 1. The van der Waals surface area contributed by atoms with Crippen LogP contribution in [-0.2, 0) is 4.74 Å². The number of nitrogens with zero attached hydrogens (tertiary/aromatic N) is 1. The van der Waals surface area contributed by atoms with Crippen molar-refractivity contribution in [3.8, 4) is 0 Å².